The van der Waals surface area contributed by atoms with Crippen LogP contribution in [0.15, 0.2) is 47.4 Å². The fourth-order valence-corrected chi connectivity index (χ4v) is 2.41. The zero-order valence-electron chi connectivity index (χ0n) is 12.5. The van der Waals surface area contributed by atoms with Crippen molar-refractivity contribution in [2.45, 2.75) is 37.5 Å². The van der Waals surface area contributed by atoms with Crippen molar-refractivity contribution in [1.82, 2.24) is 0 Å². The Labute approximate surface area is 141 Å². The van der Waals surface area contributed by atoms with Gasteiger partial charge in [0.2, 0.25) is 0 Å². The van der Waals surface area contributed by atoms with Crippen LogP contribution in [0.3, 0.4) is 0 Å². The van der Waals surface area contributed by atoms with E-state index in [0.29, 0.717) is 21.2 Å². The van der Waals surface area contributed by atoms with E-state index in [-0.39, 0.29) is 5.97 Å². The minimum Gasteiger partial charge on any atom is -0.423 e. The molecule has 2 nitrogen and oxygen atoms in total. The molecule has 0 atom stereocenters. The molecule has 22 heavy (non-hydrogen) atoms. The predicted octanol–water partition coefficient (Wildman–Crippen LogP) is 5.58. The highest BCUT2D eigenvalue weighted by Crippen LogP contribution is 2.25. The average Bonchev–Trinajstić information content (AvgIpc) is 2.52. The van der Waals surface area contributed by atoms with Crippen molar-refractivity contribution in [3.63, 3.8) is 0 Å². The molecule has 0 radical (unpaired) electrons. The first-order chi connectivity index (χ1) is 10.6. The van der Waals surface area contributed by atoms with Crippen molar-refractivity contribution in [1.29, 1.82) is 0 Å². The van der Waals surface area contributed by atoms with Gasteiger partial charge in [-0.05, 0) is 42.7 Å². The van der Waals surface area contributed by atoms with Gasteiger partial charge in [-0.15, -0.1) is 12.6 Å². The van der Waals surface area contributed by atoms with E-state index in [2.05, 4.69) is 19.6 Å². The Morgan fingerprint density at radius 2 is 1.86 bits per heavy atom. The summed E-state index contributed by atoms with van der Waals surface area (Å²) in [5, 5.41) is 0.458. The number of rotatable bonds is 6. The van der Waals surface area contributed by atoms with Crippen LogP contribution in [0.2, 0.25) is 5.02 Å². The third-order valence-corrected chi connectivity index (χ3v) is 4.22. The number of benzene rings is 2. The van der Waals surface area contributed by atoms with Crippen molar-refractivity contribution < 1.29 is 9.53 Å². The first-order valence-electron chi connectivity index (χ1n) is 7.40. The van der Waals surface area contributed by atoms with Crippen LogP contribution in [0.1, 0.15) is 42.1 Å². The first-order valence-corrected chi connectivity index (χ1v) is 8.22. The van der Waals surface area contributed by atoms with Crippen molar-refractivity contribution in [2.24, 2.45) is 0 Å². The Bertz CT molecular complexity index is 638. The number of hydrogen-bond donors (Lipinski definition) is 1. The number of esters is 1. The molecule has 0 fully saturated rings. The van der Waals surface area contributed by atoms with Crippen LogP contribution in [0.5, 0.6) is 5.75 Å². The first kappa shape index (κ1) is 16.9. The Morgan fingerprint density at radius 1 is 1.14 bits per heavy atom. The molecule has 2 rings (SSSR count). The van der Waals surface area contributed by atoms with E-state index in [0.717, 1.165) is 6.42 Å². The second-order valence-corrected chi connectivity index (χ2v) is 6.05. The largest absolute Gasteiger partial charge is 0.423 e. The summed E-state index contributed by atoms with van der Waals surface area (Å²) >= 11 is 10.1. The van der Waals surface area contributed by atoms with E-state index in [1.807, 2.05) is 12.1 Å². The monoisotopic (exact) mass is 334 g/mol. The Balaban J connectivity index is 1.98. The number of unbranched alkanes of at least 4 members (excludes halogenated alkanes) is 2. The van der Waals surface area contributed by atoms with Crippen molar-refractivity contribution in [2.75, 3.05) is 0 Å². The molecule has 0 unspecified atom stereocenters. The van der Waals surface area contributed by atoms with Gasteiger partial charge < -0.3 is 4.74 Å². The van der Waals surface area contributed by atoms with Crippen LogP contribution in [0.25, 0.3) is 0 Å². The van der Waals surface area contributed by atoms with Crippen molar-refractivity contribution in [3.05, 3.63) is 58.6 Å². The second kappa shape index (κ2) is 8.25. The summed E-state index contributed by atoms with van der Waals surface area (Å²) in [6.07, 6.45) is 4.65. The Morgan fingerprint density at radius 3 is 2.50 bits per heavy atom. The molecule has 0 aromatic heterocycles. The second-order valence-electron chi connectivity index (χ2n) is 5.16. The predicted molar refractivity (Wildman–Crippen MR) is 93.3 cm³/mol. The van der Waals surface area contributed by atoms with Gasteiger partial charge in [0.05, 0.1) is 10.6 Å². The number of carbonyl (C=O) groups is 1. The number of aryl methyl sites for hydroxylation is 1. The number of hydrogen-bond acceptors (Lipinski definition) is 3. The lowest BCUT2D eigenvalue weighted by atomic mass is 10.1. The van der Waals surface area contributed by atoms with Gasteiger partial charge in [-0.3, -0.25) is 0 Å². The van der Waals surface area contributed by atoms with Gasteiger partial charge >= 0.3 is 5.97 Å². The van der Waals surface area contributed by atoms with Gasteiger partial charge in [-0.25, -0.2) is 4.79 Å². The summed E-state index contributed by atoms with van der Waals surface area (Å²) in [5.41, 5.74) is 1.78. The molecule has 0 spiro atoms. The SMILES string of the molecule is CCCCCc1ccc(C(=O)Oc2ccc(S)c(Cl)c2)cc1. The normalized spacial score (nSPS) is 10.5. The smallest absolute Gasteiger partial charge is 0.343 e. The number of thiol groups is 1. The average molecular weight is 335 g/mol. The third-order valence-electron chi connectivity index (χ3n) is 3.39. The molecule has 0 N–H and O–H groups in total. The van der Waals surface area contributed by atoms with Gasteiger partial charge in [0, 0.05) is 11.0 Å². The molecule has 0 heterocycles. The van der Waals surface area contributed by atoms with Crippen LogP contribution in [0, 0.1) is 0 Å². The van der Waals surface area contributed by atoms with E-state index in [9.17, 15) is 4.79 Å². The molecular weight excluding hydrogens is 316 g/mol. The Kier molecular flexibility index (Phi) is 6.34. The molecule has 0 aliphatic carbocycles. The molecule has 0 bridgehead atoms. The van der Waals surface area contributed by atoms with E-state index >= 15 is 0 Å². The molecule has 0 amide bonds. The maximum Gasteiger partial charge on any atom is 0.343 e. The maximum atomic E-state index is 12.1. The van der Waals surface area contributed by atoms with Crippen LogP contribution < -0.4 is 4.74 Å². The zero-order chi connectivity index (χ0) is 15.9. The summed E-state index contributed by atoms with van der Waals surface area (Å²) in [6.45, 7) is 2.19. The molecule has 0 aliphatic heterocycles. The van der Waals surface area contributed by atoms with Crippen LogP contribution in [-0.4, -0.2) is 5.97 Å². The van der Waals surface area contributed by atoms with Crippen molar-refractivity contribution >= 4 is 30.2 Å². The minimum atomic E-state index is -0.386. The summed E-state index contributed by atoms with van der Waals surface area (Å²) in [6, 6.07) is 12.5. The molecule has 0 aliphatic rings. The molecule has 116 valence electrons. The van der Waals surface area contributed by atoms with E-state index in [4.69, 9.17) is 16.3 Å². The molecule has 4 heteroatoms. The highest BCUT2D eigenvalue weighted by atomic mass is 35.5. The lowest BCUT2D eigenvalue weighted by molar-refractivity contribution is 0.0734. The summed E-state index contributed by atoms with van der Waals surface area (Å²) < 4.78 is 5.32. The van der Waals surface area contributed by atoms with E-state index in [1.165, 1.54) is 24.8 Å². The van der Waals surface area contributed by atoms with E-state index < -0.39 is 0 Å². The van der Waals surface area contributed by atoms with E-state index in [1.54, 1.807) is 30.3 Å². The fraction of sp³-hybridized carbons (Fsp3) is 0.278. The van der Waals surface area contributed by atoms with Crippen LogP contribution in [0.4, 0.5) is 0 Å². The van der Waals surface area contributed by atoms with Crippen LogP contribution in [-0.2, 0) is 6.42 Å². The summed E-state index contributed by atoms with van der Waals surface area (Å²) in [7, 11) is 0. The molecule has 2 aromatic carbocycles. The number of carbonyl (C=O) groups excluding carboxylic acids is 1. The van der Waals surface area contributed by atoms with Gasteiger partial charge in [0.15, 0.2) is 0 Å². The van der Waals surface area contributed by atoms with Gasteiger partial charge in [0.25, 0.3) is 0 Å². The van der Waals surface area contributed by atoms with Gasteiger partial charge in [-0.1, -0.05) is 43.5 Å². The van der Waals surface area contributed by atoms with Crippen LogP contribution >= 0.6 is 24.2 Å². The Hall–Kier alpha value is -1.45. The highest BCUT2D eigenvalue weighted by Gasteiger charge is 2.09. The molecule has 0 saturated carbocycles. The summed E-state index contributed by atoms with van der Waals surface area (Å²) in [5.74, 6) is 0.0305. The zero-order valence-corrected chi connectivity index (χ0v) is 14.2. The van der Waals surface area contributed by atoms with Gasteiger partial charge in [0.1, 0.15) is 5.75 Å². The third kappa shape index (κ3) is 4.79. The number of halogens is 1. The molecule has 2 aromatic rings. The lowest BCUT2D eigenvalue weighted by Crippen LogP contribution is -2.08. The molecular formula is C18H19ClO2S. The standard InChI is InChI=1S/C18H19ClO2S/c1-2-3-4-5-13-6-8-14(9-7-13)18(20)21-15-10-11-17(22)16(19)12-15/h6-12,22H,2-5H2,1H3. The summed E-state index contributed by atoms with van der Waals surface area (Å²) in [4.78, 5) is 12.7. The lowest BCUT2D eigenvalue weighted by Gasteiger charge is -2.07. The van der Waals surface area contributed by atoms with Crippen molar-refractivity contribution in [3.8, 4) is 5.75 Å². The quantitative estimate of drug-likeness (QED) is 0.323. The maximum absolute atomic E-state index is 12.1. The topological polar surface area (TPSA) is 26.3 Å². The van der Waals surface area contributed by atoms with Gasteiger partial charge in [-0.2, -0.15) is 0 Å². The number of ether oxygens (including phenoxy) is 1. The minimum absolute atomic E-state index is 0.386. The fourth-order valence-electron chi connectivity index (χ4n) is 2.10. The highest BCUT2D eigenvalue weighted by molar-refractivity contribution is 7.80. The molecule has 0 saturated heterocycles.